The molecule has 0 spiro atoms. The molecule has 1 aromatic heterocycles. The van der Waals surface area contributed by atoms with E-state index in [1.54, 1.807) is 6.26 Å². The third-order valence-electron chi connectivity index (χ3n) is 1.19. The number of aromatic nitrogens is 2. The van der Waals surface area contributed by atoms with Crippen LogP contribution in [0.15, 0.2) is 0 Å². The Bertz CT molecular complexity index is 274. The number of nitrogens with one attached hydrogen (secondary N) is 1. The summed E-state index contributed by atoms with van der Waals surface area (Å²) >= 11 is 1.33. The molecule has 0 fully saturated rings. The van der Waals surface area contributed by atoms with Gasteiger partial charge in [0.25, 0.3) is 0 Å². The minimum atomic E-state index is -0.738. The zero-order valence-electron chi connectivity index (χ0n) is 7.03. The topological polar surface area (TPSA) is 54.9 Å². The summed E-state index contributed by atoms with van der Waals surface area (Å²) < 4.78 is 14.7. The van der Waals surface area contributed by atoms with E-state index in [0.29, 0.717) is 12.3 Å². The highest BCUT2D eigenvalue weighted by Crippen LogP contribution is 2.08. The standard InChI is InChI=1S/C6H11N3OS2/c1-5-8-6(11-9-5)7-3-4-12(2)10/h3-4H2,1-2H3,(H,7,8,9). The zero-order chi connectivity index (χ0) is 8.97. The Balaban J connectivity index is 2.29. The molecule has 0 bridgehead atoms. The Labute approximate surface area is 78.0 Å². The molecule has 1 aromatic rings. The minimum Gasteiger partial charge on any atom is -0.359 e. The number of rotatable bonds is 4. The highest BCUT2D eigenvalue weighted by molar-refractivity contribution is 7.84. The molecule has 0 aliphatic heterocycles. The van der Waals surface area contributed by atoms with Gasteiger partial charge in [-0.2, -0.15) is 4.37 Å². The van der Waals surface area contributed by atoms with Crippen molar-refractivity contribution in [2.24, 2.45) is 0 Å². The third-order valence-corrected chi connectivity index (χ3v) is 2.74. The Kier molecular flexibility index (Phi) is 3.61. The van der Waals surface area contributed by atoms with E-state index in [1.165, 1.54) is 11.5 Å². The van der Waals surface area contributed by atoms with Gasteiger partial charge in [-0.25, -0.2) is 4.98 Å². The molecular weight excluding hydrogens is 194 g/mol. The number of hydrogen-bond acceptors (Lipinski definition) is 5. The van der Waals surface area contributed by atoms with Crippen molar-refractivity contribution in [1.29, 1.82) is 0 Å². The highest BCUT2D eigenvalue weighted by atomic mass is 32.2. The molecule has 1 N–H and O–H groups in total. The normalized spacial score (nSPS) is 12.8. The van der Waals surface area contributed by atoms with E-state index in [0.717, 1.165) is 11.0 Å². The van der Waals surface area contributed by atoms with Crippen LogP contribution in [0.5, 0.6) is 0 Å². The van der Waals surface area contributed by atoms with Crippen molar-refractivity contribution >= 4 is 27.5 Å². The minimum absolute atomic E-state index is 0.651. The summed E-state index contributed by atoms with van der Waals surface area (Å²) in [4.78, 5) is 4.10. The van der Waals surface area contributed by atoms with Gasteiger partial charge in [-0.3, -0.25) is 4.21 Å². The molecule has 0 aliphatic rings. The van der Waals surface area contributed by atoms with Crippen LogP contribution in [0.1, 0.15) is 5.82 Å². The van der Waals surface area contributed by atoms with Crippen LogP contribution in [0.4, 0.5) is 5.13 Å². The molecule has 1 rings (SSSR count). The molecule has 0 aromatic carbocycles. The van der Waals surface area contributed by atoms with Crippen molar-refractivity contribution < 1.29 is 4.21 Å². The van der Waals surface area contributed by atoms with E-state index in [9.17, 15) is 4.21 Å². The number of aryl methyl sites for hydroxylation is 1. The maximum Gasteiger partial charge on any atom is 0.202 e. The van der Waals surface area contributed by atoms with Gasteiger partial charge in [-0.15, -0.1) is 0 Å². The molecule has 0 aliphatic carbocycles. The van der Waals surface area contributed by atoms with Crippen molar-refractivity contribution in [2.45, 2.75) is 6.92 Å². The monoisotopic (exact) mass is 205 g/mol. The van der Waals surface area contributed by atoms with E-state index in [2.05, 4.69) is 14.7 Å². The van der Waals surface area contributed by atoms with Crippen molar-refractivity contribution in [3.63, 3.8) is 0 Å². The van der Waals surface area contributed by atoms with Crippen molar-refractivity contribution in [1.82, 2.24) is 9.36 Å². The van der Waals surface area contributed by atoms with E-state index in [-0.39, 0.29) is 0 Å². The highest BCUT2D eigenvalue weighted by Gasteiger charge is 1.98. The maximum absolute atomic E-state index is 10.7. The van der Waals surface area contributed by atoms with Crippen LogP contribution >= 0.6 is 11.5 Å². The molecule has 4 nitrogen and oxygen atoms in total. The van der Waals surface area contributed by atoms with E-state index in [1.807, 2.05) is 6.92 Å². The Morgan fingerprint density at radius 3 is 2.92 bits per heavy atom. The Morgan fingerprint density at radius 1 is 1.67 bits per heavy atom. The van der Waals surface area contributed by atoms with Gasteiger partial charge in [0.15, 0.2) is 0 Å². The van der Waals surface area contributed by atoms with E-state index < -0.39 is 10.8 Å². The van der Waals surface area contributed by atoms with Gasteiger partial charge >= 0.3 is 0 Å². The van der Waals surface area contributed by atoms with Crippen LogP contribution < -0.4 is 5.32 Å². The van der Waals surface area contributed by atoms with Gasteiger partial charge in [-0.05, 0) is 6.92 Å². The van der Waals surface area contributed by atoms with Gasteiger partial charge in [0.2, 0.25) is 5.13 Å². The van der Waals surface area contributed by atoms with Gasteiger partial charge in [0.05, 0.1) is 0 Å². The molecule has 1 unspecified atom stereocenters. The molecule has 0 amide bonds. The first-order valence-corrected chi connectivity index (χ1v) is 6.03. The second kappa shape index (κ2) is 4.51. The first-order valence-electron chi connectivity index (χ1n) is 3.52. The molecule has 6 heteroatoms. The number of hydrogen-bond donors (Lipinski definition) is 1. The van der Waals surface area contributed by atoms with Gasteiger partial charge in [-0.1, -0.05) is 0 Å². The van der Waals surface area contributed by atoms with Crippen molar-refractivity contribution in [3.05, 3.63) is 5.82 Å². The second-order valence-corrected chi connectivity index (χ2v) is 4.66. The average molecular weight is 205 g/mol. The predicted octanol–water partition coefficient (Wildman–Crippen LogP) is 0.637. The lowest BCUT2D eigenvalue weighted by Crippen LogP contribution is -2.09. The number of nitrogens with zero attached hydrogens (tertiary/aromatic N) is 2. The maximum atomic E-state index is 10.7. The van der Waals surface area contributed by atoms with Gasteiger partial charge in [0, 0.05) is 40.9 Å². The summed E-state index contributed by atoms with van der Waals surface area (Å²) in [5, 5.41) is 3.85. The summed E-state index contributed by atoms with van der Waals surface area (Å²) in [6, 6.07) is 0. The lowest BCUT2D eigenvalue weighted by molar-refractivity contribution is 0.687. The van der Waals surface area contributed by atoms with Gasteiger partial charge in [0.1, 0.15) is 5.82 Å². The molecule has 12 heavy (non-hydrogen) atoms. The summed E-state index contributed by atoms with van der Waals surface area (Å²) in [6.07, 6.45) is 1.69. The van der Waals surface area contributed by atoms with E-state index in [4.69, 9.17) is 0 Å². The van der Waals surface area contributed by atoms with Crippen LogP contribution in [-0.4, -0.2) is 32.1 Å². The van der Waals surface area contributed by atoms with Gasteiger partial charge < -0.3 is 5.32 Å². The number of anilines is 1. The van der Waals surface area contributed by atoms with E-state index >= 15 is 0 Å². The fourth-order valence-corrected chi connectivity index (χ4v) is 1.66. The lowest BCUT2D eigenvalue weighted by Gasteiger charge is -1.97. The zero-order valence-corrected chi connectivity index (χ0v) is 8.67. The van der Waals surface area contributed by atoms with Crippen LogP contribution in [0.2, 0.25) is 0 Å². The SMILES string of the molecule is Cc1nsc(NCCS(C)=O)n1. The van der Waals surface area contributed by atoms with Crippen molar-refractivity contribution in [2.75, 3.05) is 23.9 Å². The smallest absolute Gasteiger partial charge is 0.202 e. The Morgan fingerprint density at radius 2 is 2.42 bits per heavy atom. The van der Waals surface area contributed by atoms with Crippen molar-refractivity contribution in [3.8, 4) is 0 Å². The molecule has 1 heterocycles. The predicted molar refractivity (Wildman–Crippen MR) is 52.1 cm³/mol. The quantitative estimate of drug-likeness (QED) is 0.783. The largest absolute Gasteiger partial charge is 0.359 e. The lowest BCUT2D eigenvalue weighted by atomic mass is 10.7. The van der Waals surface area contributed by atoms with Crippen LogP contribution in [-0.2, 0) is 10.8 Å². The first kappa shape index (κ1) is 9.60. The summed E-state index contributed by atoms with van der Waals surface area (Å²) in [6.45, 7) is 2.54. The average Bonchev–Trinajstić information content (AvgIpc) is 2.35. The molecule has 0 saturated carbocycles. The summed E-state index contributed by atoms with van der Waals surface area (Å²) in [7, 11) is -0.738. The van der Waals surface area contributed by atoms with Crippen LogP contribution in [0.25, 0.3) is 0 Å². The first-order chi connectivity index (χ1) is 5.68. The fourth-order valence-electron chi connectivity index (χ4n) is 0.671. The fraction of sp³-hybridized carbons (Fsp3) is 0.667. The molecule has 0 radical (unpaired) electrons. The second-order valence-electron chi connectivity index (χ2n) is 2.35. The van der Waals surface area contributed by atoms with Crippen LogP contribution in [0, 0.1) is 6.92 Å². The third kappa shape index (κ3) is 3.27. The Hall–Kier alpha value is -0.490. The summed E-state index contributed by atoms with van der Waals surface area (Å²) in [5.41, 5.74) is 0. The van der Waals surface area contributed by atoms with Crippen LogP contribution in [0.3, 0.4) is 0 Å². The molecule has 68 valence electrons. The summed E-state index contributed by atoms with van der Waals surface area (Å²) in [5.74, 6) is 1.43. The molecular formula is C6H11N3OS2. The molecule has 0 saturated heterocycles. The molecule has 1 atom stereocenters.